The van der Waals surface area contributed by atoms with Crippen molar-refractivity contribution >= 4 is 11.7 Å². The maximum Gasteiger partial charge on any atom is 0.335 e. The van der Waals surface area contributed by atoms with Gasteiger partial charge in [0.2, 0.25) is 0 Å². The van der Waals surface area contributed by atoms with Crippen molar-refractivity contribution < 1.29 is 9.90 Å². The Morgan fingerprint density at radius 1 is 1.26 bits per heavy atom. The second-order valence-corrected chi connectivity index (χ2v) is 5.70. The molecule has 0 saturated carbocycles. The molecule has 0 aliphatic carbocycles. The van der Waals surface area contributed by atoms with Gasteiger partial charge in [0.1, 0.15) is 0 Å². The highest BCUT2D eigenvalue weighted by molar-refractivity contribution is 5.88. The minimum Gasteiger partial charge on any atom is -0.478 e. The first-order valence-electron chi connectivity index (χ1n) is 7.00. The molecule has 1 unspecified atom stereocenters. The Hall–Kier alpha value is -1.51. The number of carboxylic acids is 1. The summed E-state index contributed by atoms with van der Waals surface area (Å²) in [6.45, 7) is 8.60. The molecule has 19 heavy (non-hydrogen) atoms. The van der Waals surface area contributed by atoms with Crippen LogP contribution in [0.3, 0.4) is 0 Å². The van der Waals surface area contributed by atoms with Crippen molar-refractivity contribution in [3.05, 3.63) is 29.3 Å². The van der Waals surface area contributed by atoms with Crippen LogP contribution >= 0.6 is 0 Å². The van der Waals surface area contributed by atoms with Gasteiger partial charge in [0.25, 0.3) is 0 Å². The molecular formula is C16H25NO2. The van der Waals surface area contributed by atoms with Crippen molar-refractivity contribution in [1.29, 1.82) is 0 Å². The van der Waals surface area contributed by atoms with Crippen molar-refractivity contribution in [2.24, 2.45) is 5.92 Å². The van der Waals surface area contributed by atoms with Gasteiger partial charge in [-0.25, -0.2) is 4.79 Å². The van der Waals surface area contributed by atoms with Gasteiger partial charge in [0, 0.05) is 11.7 Å². The summed E-state index contributed by atoms with van der Waals surface area (Å²) in [5.41, 5.74) is 2.35. The lowest BCUT2D eigenvalue weighted by atomic mass is 10.0. The number of carbonyl (C=O) groups is 1. The van der Waals surface area contributed by atoms with E-state index in [1.165, 1.54) is 12.8 Å². The predicted octanol–water partition coefficient (Wildman–Crippen LogP) is 4.32. The third-order valence-electron chi connectivity index (χ3n) is 3.29. The number of aryl methyl sites for hydroxylation is 1. The molecule has 0 saturated heterocycles. The summed E-state index contributed by atoms with van der Waals surface area (Å²) in [4.78, 5) is 10.9. The zero-order valence-corrected chi connectivity index (χ0v) is 12.4. The van der Waals surface area contributed by atoms with E-state index in [2.05, 4.69) is 26.1 Å². The fraction of sp³-hybridized carbons (Fsp3) is 0.562. The van der Waals surface area contributed by atoms with Crippen molar-refractivity contribution in [2.45, 2.75) is 53.0 Å². The standard InChI is InChI=1S/C16H25NO2/c1-11(2)6-5-7-13(4)17-15-9-8-14(16(18)19)10-12(15)3/h8-11,13,17H,5-7H2,1-4H3,(H,18,19). The number of rotatable bonds is 7. The van der Waals surface area contributed by atoms with Crippen molar-refractivity contribution in [1.82, 2.24) is 0 Å². The fourth-order valence-corrected chi connectivity index (χ4v) is 2.13. The highest BCUT2D eigenvalue weighted by Gasteiger charge is 2.08. The molecule has 1 rings (SSSR count). The number of aromatic carboxylic acids is 1. The van der Waals surface area contributed by atoms with Gasteiger partial charge in [-0.1, -0.05) is 26.7 Å². The lowest BCUT2D eigenvalue weighted by molar-refractivity contribution is 0.0697. The molecule has 0 aromatic heterocycles. The summed E-state index contributed by atoms with van der Waals surface area (Å²) in [6, 6.07) is 5.63. The number of hydrogen-bond acceptors (Lipinski definition) is 2. The highest BCUT2D eigenvalue weighted by atomic mass is 16.4. The molecule has 0 radical (unpaired) electrons. The smallest absolute Gasteiger partial charge is 0.335 e. The van der Waals surface area contributed by atoms with Gasteiger partial charge >= 0.3 is 5.97 Å². The summed E-state index contributed by atoms with van der Waals surface area (Å²) in [7, 11) is 0. The van der Waals surface area contributed by atoms with Crippen LogP contribution in [0.5, 0.6) is 0 Å². The molecule has 0 bridgehead atoms. The molecule has 0 aliphatic rings. The molecule has 0 spiro atoms. The van der Waals surface area contributed by atoms with E-state index in [1.54, 1.807) is 12.1 Å². The topological polar surface area (TPSA) is 49.3 Å². The average molecular weight is 263 g/mol. The Labute approximate surface area is 116 Å². The minimum absolute atomic E-state index is 0.343. The first-order chi connectivity index (χ1) is 8.90. The summed E-state index contributed by atoms with van der Waals surface area (Å²) in [5, 5.41) is 12.4. The van der Waals surface area contributed by atoms with Crippen LogP contribution in [0.1, 0.15) is 56.0 Å². The molecule has 3 heteroatoms. The molecule has 0 fully saturated rings. The number of benzene rings is 1. The van der Waals surface area contributed by atoms with Gasteiger partial charge < -0.3 is 10.4 Å². The van der Waals surface area contributed by atoms with E-state index in [-0.39, 0.29) is 0 Å². The van der Waals surface area contributed by atoms with Gasteiger partial charge in [-0.15, -0.1) is 0 Å². The molecule has 0 aliphatic heterocycles. The lowest BCUT2D eigenvalue weighted by Crippen LogP contribution is -2.16. The van der Waals surface area contributed by atoms with Crippen LogP contribution < -0.4 is 5.32 Å². The highest BCUT2D eigenvalue weighted by Crippen LogP contribution is 2.19. The zero-order valence-electron chi connectivity index (χ0n) is 12.4. The molecule has 0 heterocycles. The fourth-order valence-electron chi connectivity index (χ4n) is 2.13. The van der Waals surface area contributed by atoms with Gasteiger partial charge in [-0.2, -0.15) is 0 Å². The molecule has 1 aromatic rings. The van der Waals surface area contributed by atoms with Crippen LogP contribution in [0.2, 0.25) is 0 Å². The summed E-state index contributed by atoms with van der Waals surface area (Å²) < 4.78 is 0. The van der Waals surface area contributed by atoms with E-state index in [4.69, 9.17) is 5.11 Å². The van der Waals surface area contributed by atoms with Gasteiger partial charge in [0.15, 0.2) is 0 Å². The first-order valence-corrected chi connectivity index (χ1v) is 7.00. The predicted molar refractivity (Wildman–Crippen MR) is 79.9 cm³/mol. The van der Waals surface area contributed by atoms with E-state index < -0.39 is 5.97 Å². The van der Waals surface area contributed by atoms with Crippen molar-refractivity contribution in [3.8, 4) is 0 Å². The number of nitrogens with one attached hydrogen (secondary N) is 1. The SMILES string of the molecule is Cc1cc(C(=O)O)ccc1NC(C)CCCC(C)C. The number of hydrogen-bond donors (Lipinski definition) is 2. The van der Waals surface area contributed by atoms with Crippen LogP contribution in [-0.2, 0) is 0 Å². The summed E-state index contributed by atoms with van der Waals surface area (Å²) in [6.07, 6.45) is 3.61. The Balaban J connectivity index is 2.54. The molecule has 1 atom stereocenters. The van der Waals surface area contributed by atoms with Crippen molar-refractivity contribution in [3.63, 3.8) is 0 Å². The van der Waals surface area contributed by atoms with E-state index >= 15 is 0 Å². The second kappa shape index (κ2) is 7.17. The number of anilines is 1. The van der Waals surface area contributed by atoms with E-state index in [0.717, 1.165) is 23.6 Å². The van der Waals surface area contributed by atoms with E-state index in [9.17, 15) is 4.79 Å². The Morgan fingerprint density at radius 3 is 2.47 bits per heavy atom. The van der Waals surface area contributed by atoms with Crippen LogP contribution in [0.25, 0.3) is 0 Å². The quantitative estimate of drug-likeness (QED) is 0.770. The molecular weight excluding hydrogens is 238 g/mol. The van der Waals surface area contributed by atoms with Crippen LogP contribution in [0, 0.1) is 12.8 Å². The maximum atomic E-state index is 10.9. The molecule has 1 aromatic carbocycles. The summed E-state index contributed by atoms with van der Waals surface area (Å²) in [5.74, 6) is -0.122. The monoisotopic (exact) mass is 263 g/mol. The third kappa shape index (κ3) is 5.33. The Bertz CT molecular complexity index is 427. The van der Waals surface area contributed by atoms with Gasteiger partial charge in [-0.3, -0.25) is 0 Å². The van der Waals surface area contributed by atoms with E-state index in [1.807, 2.05) is 13.0 Å². The number of carboxylic acid groups (broad SMARTS) is 1. The second-order valence-electron chi connectivity index (χ2n) is 5.70. The van der Waals surface area contributed by atoms with Crippen LogP contribution in [-0.4, -0.2) is 17.1 Å². The Morgan fingerprint density at radius 2 is 1.95 bits per heavy atom. The zero-order chi connectivity index (χ0) is 14.4. The lowest BCUT2D eigenvalue weighted by Gasteiger charge is -2.17. The largest absolute Gasteiger partial charge is 0.478 e. The Kier molecular flexibility index (Phi) is 5.87. The van der Waals surface area contributed by atoms with Crippen molar-refractivity contribution in [2.75, 3.05) is 5.32 Å². The third-order valence-corrected chi connectivity index (χ3v) is 3.29. The molecule has 106 valence electrons. The normalized spacial score (nSPS) is 12.5. The summed E-state index contributed by atoms with van der Waals surface area (Å²) >= 11 is 0. The first kappa shape index (κ1) is 15.5. The van der Waals surface area contributed by atoms with Gasteiger partial charge in [-0.05, 0) is 49.9 Å². The van der Waals surface area contributed by atoms with Crippen LogP contribution in [0.15, 0.2) is 18.2 Å². The van der Waals surface area contributed by atoms with E-state index in [0.29, 0.717) is 11.6 Å². The molecule has 0 amide bonds. The van der Waals surface area contributed by atoms with Crippen LogP contribution in [0.4, 0.5) is 5.69 Å². The average Bonchev–Trinajstić information content (AvgIpc) is 2.31. The maximum absolute atomic E-state index is 10.9. The molecule has 3 nitrogen and oxygen atoms in total. The van der Waals surface area contributed by atoms with Gasteiger partial charge in [0.05, 0.1) is 5.56 Å². The molecule has 2 N–H and O–H groups in total. The minimum atomic E-state index is -0.875.